The summed E-state index contributed by atoms with van der Waals surface area (Å²) in [5, 5.41) is 3.36. The van der Waals surface area contributed by atoms with E-state index in [0.717, 1.165) is 25.6 Å². The van der Waals surface area contributed by atoms with Crippen molar-refractivity contribution in [2.24, 2.45) is 5.92 Å². The molecule has 2 heterocycles. The highest BCUT2D eigenvalue weighted by atomic mass is 35.5. The number of hydrogen-bond acceptors (Lipinski definition) is 2. The third-order valence-corrected chi connectivity index (χ3v) is 3.08. The van der Waals surface area contributed by atoms with Crippen LogP contribution in [0.15, 0.2) is 0 Å². The smallest absolute Gasteiger partial charge is 0.219 e. The maximum Gasteiger partial charge on any atom is 0.219 e. The van der Waals surface area contributed by atoms with Crippen molar-refractivity contribution in [2.75, 3.05) is 19.6 Å². The van der Waals surface area contributed by atoms with Crippen molar-refractivity contribution < 1.29 is 4.79 Å². The predicted molar refractivity (Wildman–Crippen MR) is 54.0 cm³/mol. The molecule has 0 aliphatic carbocycles. The van der Waals surface area contributed by atoms with Gasteiger partial charge >= 0.3 is 0 Å². The van der Waals surface area contributed by atoms with Crippen LogP contribution in [0.5, 0.6) is 0 Å². The van der Waals surface area contributed by atoms with Crippen LogP contribution in [0, 0.1) is 5.92 Å². The van der Waals surface area contributed by atoms with Crippen molar-refractivity contribution in [2.45, 2.75) is 25.8 Å². The van der Waals surface area contributed by atoms with Gasteiger partial charge in [-0.15, -0.1) is 12.4 Å². The summed E-state index contributed by atoms with van der Waals surface area (Å²) in [6, 6.07) is 0.497. The number of rotatable bonds is 0. The maximum absolute atomic E-state index is 11.2. The highest BCUT2D eigenvalue weighted by molar-refractivity contribution is 5.85. The average molecular weight is 205 g/mol. The van der Waals surface area contributed by atoms with E-state index in [1.165, 1.54) is 12.8 Å². The summed E-state index contributed by atoms with van der Waals surface area (Å²) in [5.74, 6) is 0.969. The predicted octanol–water partition coefficient (Wildman–Crippen LogP) is 0.638. The highest BCUT2D eigenvalue weighted by Crippen LogP contribution is 2.26. The maximum atomic E-state index is 11.2. The Hall–Kier alpha value is -0.280. The van der Waals surface area contributed by atoms with Gasteiger partial charge in [-0.05, 0) is 18.8 Å². The van der Waals surface area contributed by atoms with E-state index in [-0.39, 0.29) is 18.3 Å². The summed E-state index contributed by atoms with van der Waals surface area (Å²) in [5.41, 5.74) is 0. The van der Waals surface area contributed by atoms with Gasteiger partial charge in [-0.3, -0.25) is 4.79 Å². The van der Waals surface area contributed by atoms with Gasteiger partial charge in [-0.2, -0.15) is 0 Å². The van der Waals surface area contributed by atoms with Crippen molar-refractivity contribution in [3.8, 4) is 0 Å². The zero-order chi connectivity index (χ0) is 8.55. The molecule has 0 aromatic rings. The number of carbonyl (C=O) groups is 1. The number of likely N-dealkylation sites (tertiary alicyclic amines) is 1. The summed E-state index contributed by atoms with van der Waals surface area (Å²) in [6.45, 7) is 4.76. The highest BCUT2D eigenvalue weighted by Gasteiger charge is 2.35. The largest absolute Gasteiger partial charge is 0.338 e. The number of piperidine rings is 1. The van der Waals surface area contributed by atoms with Gasteiger partial charge < -0.3 is 10.2 Å². The van der Waals surface area contributed by atoms with Gasteiger partial charge in [0.2, 0.25) is 5.91 Å². The van der Waals surface area contributed by atoms with Gasteiger partial charge in [0.25, 0.3) is 0 Å². The minimum Gasteiger partial charge on any atom is -0.338 e. The van der Waals surface area contributed by atoms with Crippen molar-refractivity contribution >= 4 is 18.3 Å². The molecule has 2 aliphatic rings. The van der Waals surface area contributed by atoms with E-state index in [0.29, 0.717) is 6.04 Å². The second-order valence-corrected chi connectivity index (χ2v) is 3.84. The van der Waals surface area contributed by atoms with Gasteiger partial charge in [-0.25, -0.2) is 0 Å². The van der Waals surface area contributed by atoms with E-state index in [1.807, 2.05) is 4.90 Å². The summed E-state index contributed by atoms with van der Waals surface area (Å²) < 4.78 is 0. The molecule has 2 unspecified atom stereocenters. The summed E-state index contributed by atoms with van der Waals surface area (Å²) >= 11 is 0. The first-order valence-electron chi connectivity index (χ1n) is 4.77. The van der Waals surface area contributed by atoms with E-state index in [4.69, 9.17) is 0 Å². The zero-order valence-electron chi connectivity index (χ0n) is 7.95. The summed E-state index contributed by atoms with van der Waals surface area (Å²) in [7, 11) is 0. The van der Waals surface area contributed by atoms with Crippen LogP contribution in [0.1, 0.15) is 19.8 Å². The molecule has 76 valence electrons. The lowest BCUT2D eigenvalue weighted by Gasteiger charge is -2.36. The van der Waals surface area contributed by atoms with Gasteiger partial charge in [0, 0.05) is 32.6 Å². The molecular weight excluding hydrogens is 188 g/mol. The fraction of sp³-hybridized carbons (Fsp3) is 0.889. The number of hydrogen-bond donors (Lipinski definition) is 1. The molecule has 2 atom stereocenters. The lowest BCUT2D eigenvalue weighted by molar-refractivity contribution is -0.132. The molecule has 2 saturated heterocycles. The van der Waals surface area contributed by atoms with E-state index in [1.54, 1.807) is 6.92 Å². The second kappa shape index (κ2) is 4.29. The third-order valence-electron chi connectivity index (χ3n) is 3.08. The number of fused-ring (bicyclic) bond motifs is 1. The van der Waals surface area contributed by atoms with E-state index >= 15 is 0 Å². The molecule has 2 aliphatic heterocycles. The van der Waals surface area contributed by atoms with Crippen LogP contribution < -0.4 is 5.32 Å². The third kappa shape index (κ3) is 1.97. The van der Waals surface area contributed by atoms with E-state index in [2.05, 4.69) is 5.32 Å². The monoisotopic (exact) mass is 204 g/mol. The zero-order valence-corrected chi connectivity index (χ0v) is 8.77. The van der Waals surface area contributed by atoms with Crippen molar-refractivity contribution in [3.63, 3.8) is 0 Å². The Morgan fingerprint density at radius 3 is 2.92 bits per heavy atom. The number of amides is 1. The van der Waals surface area contributed by atoms with Gasteiger partial charge in [0.05, 0.1) is 0 Å². The fourth-order valence-corrected chi connectivity index (χ4v) is 2.46. The quantitative estimate of drug-likeness (QED) is 0.628. The molecule has 3 nitrogen and oxygen atoms in total. The molecule has 0 aromatic heterocycles. The summed E-state index contributed by atoms with van der Waals surface area (Å²) in [6.07, 6.45) is 2.48. The van der Waals surface area contributed by atoms with Crippen LogP contribution in [0.4, 0.5) is 0 Å². The Morgan fingerprint density at radius 2 is 2.23 bits per heavy atom. The fourth-order valence-electron chi connectivity index (χ4n) is 2.46. The first kappa shape index (κ1) is 10.8. The van der Waals surface area contributed by atoms with Crippen LogP contribution in [0.2, 0.25) is 0 Å². The van der Waals surface area contributed by atoms with Crippen LogP contribution in [0.3, 0.4) is 0 Å². The van der Waals surface area contributed by atoms with Crippen LogP contribution >= 0.6 is 12.4 Å². The second-order valence-electron chi connectivity index (χ2n) is 3.84. The minimum absolute atomic E-state index is 0. The van der Waals surface area contributed by atoms with Gasteiger partial charge in [0.1, 0.15) is 0 Å². The molecule has 1 N–H and O–H groups in total. The van der Waals surface area contributed by atoms with Crippen LogP contribution in [0.25, 0.3) is 0 Å². The number of nitrogens with one attached hydrogen (secondary N) is 1. The number of carbonyl (C=O) groups excluding carboxylic acids is 1. The van der Waals surface area contributed by atoms with Crippen LogP contribution in [-0.2, 0) is 4.79 Å². The molecule has 2 rings (SSSR count). The Bertz CT molecular complexity index is 198. The molecule has 0 saturated carbocycles. The summed E-state index contributed by atoms with van der Waals surface area (Å²) in [4.78, 5) is 13.3. The number of nitrogens with zero attached hydrogens (tertiary/aromatic N) is 1. The van der Waals surface area contributed by atoms with Crippen LogP contribution in [-0.4, -0.2) is 36.5 Å². The van der Waals surface area contributed by atoms with Gasteiger partial charge in [0.15, 0.2) is 0 Å². The van der Waals surface area contributed by atoms with Crippen molar-refractivity contribution in [1.82, 2.24) is 10.2 Å². The Morgan fingerprint density at radius 1 is 1.46 bits per heavy atom. The number of halogens is 1. The Balaban J connectivity index is 0.000000845. The average Bonchev–Trinajstić information content (AvgIpc) is 2.49. The Kier molecular flexibility index (Phi) is 3.56. The first-order chi connectivity index (χ1) is 5.79. The van der Waals surface area contributed by atoms with E-state index in [9.17, 15) is 4.79 Å². The minimum atomic E-state index is 0. The lowest BCUT2D eigenvalue weighted by atomic mass is 9.92. The normalized spacial score (nSPS) is 32.2. The molecule has 0 spiro atoms. The molecule has 2 fully saturated rings. The topological polar surface area (TPSA) is 32.3 Å². The van der Waals surface area contributed by atoms with Gasteiger partial charge in [-0.1, -0.05) is 0 Å². The first-order valence-corrected chi connectivity index (χ1v) is 4.77. The molecule has 4 heteroatoms. The van der Waals surface area contributed by atoms with E-state index < -0.39 is 0 Å². The lowest BCUT2D eigenvalue weighted by Crippen LogP contribution is -2.47. The molecule has 0 bridgehead atoms. The standard InChI is InChI=1S/C9H16N2O.ClH/c1-7(12)11-4-2-3-8-5-10-6-9(8)11;/h8-10H,2-6H2,1H3;1H. The molecule has 0 radical (unpaired) electrons. The SMILES string of the molecule is CC(=O)N1CCCC2CNCC21.Cl. The molecule has 1 amide bonds. The molecule has 0 aromatic carbocycles. The van der Waals surface area contributed by atoms with Crippen molar-refractivity contribution in [1.29, 1.82) is 0 Å². The molecular formula is C9H17ClN2O. The van der Waals surface area contributed by atoms with Crippen molar-refractivity contribution in [3.05, 3.63) is 0 Å². The molecule has 13 heavy (non-hydrogen) atoms. The Labute approximate surface area is 85.3 Å².